The highest BCUT2D eigenvalue weighted by molar-refractivity contribution is 9.10. The average molecular weight is 592 g/mol. The molecule has 0 aliphatic carbocycles. The second-order valence-corrected chi connectivity index (χ2v) is 10.1. The van der Waals surface area contributed by atoms with Crippen molar-refractivity contribution in [3.05, 3.63) is 100 Å². The number of rotatable bonds is 8. The Bertz CT molecular complexity index is 1080. The lowest BCUT2D eigenvalue weighted by atomic mass is 9.87. The van der Waals surface area contributed by atoms with Crippen molar-refractivity contribution < 1.29 is 5.11 Å². The number of anilines is 1. The smallest absolute Gasteiger partial charge is 0.0434 e. The van der Waals surface area contributed by atoms with Gasteiger partial charge in [0.25, 0.3) is 0 Å². The maximum Gasteiger partial charge on any atom is 0.0434 e. The van der Waals surface area contributed by atoms with Gasteiger partial charge in [-0.25, -0.2) is 0 Å². The summed E-state index contributed by atoms with van der Waals surface area (Å²) in [5.74, 6) is 0. The highest BCUT2D eigenvalue weighted by Crippen LogP contribution is 2.36. The van der Waals surface area contributed by atoms with Crippen LogP contribution in [0, 0.1) is 0 Å². The Kier molecular flexibility index (Phi) is 12.5. The second-order valence-electron chi connectivity index (χ2n) is 9.22. The van der Waals surface area contributed by atoms with Crippen LogP contribution >= 0.6 is 40.7 Å². The molecule has 1 fully saturated rings. The number of hydrogen-bond acceptors (Lipinski definition) is 3. The molecule has 3 aromatic carbocycles. The molecule has 1 aliphatic rings. The lowest BCUT2D eigenvalue weighted by Crippen LogP contribution is -2.48. The molecule has 194 valence electrons. The molecule has 0 spiro atoms. The Morgan fingerprint density at radius 2 is 1.33 bits per heavy atom. The molecule has 0 radical (unpaired) electrons. The Labute approximate surface area is 237 Å². The van der Waals surface area contributed by atoms with Gasteiger partial charge >= 0.3 is 0 Å². The van der Waals surface area contributed by atoms with Crippen LogP contribution in [0.25, 0.3) is 11.1 Å². The molecule has 0 unspecified atom stereocenters. The van der Waals surface area contributed by atoms with Crippen LogP contribution < -0.4 is 4.90 Å². The van der Waals surface area contributed by atoms with E-state index in [0.29, 0.717) is 6.04 Å². The topological polar surface area (TPSA) is 26.7 Å². The Morgan fingerprint density at radius 1 is 0.778 bits per heavy atom. The van der Waals surface area contributed by atoms with Crippen LogP contribution in [0.3, 0.4) is 0 Å². The molecule has 36 heavy (non-hydrogen) atoms. The van der Waals surface area contributed by atoms with E-state index in [2.05, 4.69) is 118 Å². The minimum absolute atomic E-state index is 0. The lowest BCUT2D eigenvalue weighted by molar-refractivity contribution is 0.209. The molecule has 0 atom stereocenters. The van der Waals surface area contributed by atoms with Gasteiger partial charge < -0.3 is 10.0 Å². The molecule has 1 heterocycles. The van der Waals surface area contributed by atoms with Gasteiger partial charge in [0.05, 0.1) is 0 Å². The van der Waals surface area contributed by atoms with Gasteiger partial charge in [-0.3, -0.25) is 4.90 Å². The monoisotopic (exact) mass is 590 g/mol. The van der Waals surface area contributed by atoms with Crippen LogP contribution in [0.1, 0.15) is 43.4 Å². The summed E-state index contributed by atoms with van der Waals surface area (Å²) in [6, 6.07) is 28.8. The summed E-state index contributed by atoms with van der Waals surface area (Å²) < 4.78 is 1.07. The Hall–Kier alpha value is -1.82. The van der Waals surface area contributed by atoms with Crippen molar-refractivity contribution in [1.29, 1.82) is 0 Å². The predicted octanol–water partition coefficient (Wildman–Crippen LogP) is 7.55. The summed E-state index contributed by atoms with van der Waals surface area (Å²) in [5, 5.41) is 9.62. The summed E-state index contributed by atoms with van der Waals surface area (Å²) in [4.78, 5) is 5.04. The van der Waals surface area contributed by atoms with Gasteiger partial charge in [0.15, 0.2) is 0 Å². The molecule has 0 saturated carbocycles. The second kappa shape index (κ2) is 14.8. The number of halogens is 3. The zero-order valence-electron chi connectivity index (χ0n) is 21.1. The molecule has 1 saturated heterocycles. The molecule has 0 aromatic heterocycles. The third kappa shape index (κ3) is 7.60. The average Bonchev–Trinajstić information content (AvgIpc) is 2.88. The fourth-order valence-corrected chi connectivity index (χ4v) is 5.04. The van der Waals surface area contributed by atoms with Gasteiger partial charge in [-0.15, -0.1) is 24.8 Å². The predicted molar refractivity (Wildman–Crippen MR) is 163 cm³/mol. The van der Waals surface area contributed by atoms with Crippen molar-refractivity contribution in [3.63, 3.8) is 0 Å². The number of nitrogens with zero attached hydrogens (tertiary/aromatic N) is 2. The molecule has 3 nitrogen and oxygen atoms in total. The van der Waals surface area contributed by atoms with E-state index in [1.165, 1.54) is 33.5 Å². The molecular weight excluding hydrogens is 555 g/mol. The van der Waals surface area contributed by atoms with Crippen LogP contribution in [0.4, 0.5) is 5.69 Å². The van der Waals surface area contributed by atoms with Crippen molar-refractivity contribution in [2.24, 2.45) is 0 Å². The lowest BCUT2D eigenvalue weighted by Gasteiger charge is -2.38. The molecule has 1 N–H and O–H groups in total. The fraction of sp³-hybridized carbons (Fsp3) is 0.333. The summed E-state index contributed by atoms with van der Waals surface area (Å²) in [6.45, 7) is 9.11. The van der Waals surface area contributed by atoms with E-state index >= 15 is 0 Å². The van der Waals surface area contributed by atoms with Gasteiger partial charge in [-0.05, 0) is 78.8 Å². The van der Waals surface area contributed by atoms with E-state index < -0.39 is 0 Å². The number of allylic oxidation sites excluding steroid dienone is 1. The van der Waals surface area contributed by atoms with Crippen molar-refractivity contribution in [3.8, 4) is 0 Å². The highest BCUT2D eigenvalue weighted by Gasteiger charge is 2.20. The van der Waals surface area contributed by atoms with Gasteiger partial charge in [0.1, 0.15) is 0 Å². The summed E-state index contributed by atoms with van der Waals surface area (Å²) in [7, 11) is 0. The molecular formula is C30H37BrCl2N2O. The molecule has 6 heteroatoms. The van der Waals surface area contributed by atoms with Crippen LogP contribution in [0.5, 0.6) is 0 Å². The number of aliphatic hydroxyl groups is 1. The minimum atomic E-state index is 0. The molecule has 4 rings (SSSR count). The minimum Gasteiger partial charge on any atom is -0.396 e. The van der Waals surface area contributed by atoms with Crippen molar-refractivity contribution in [2.75, 3.05) is 37.7 Å². The zero-order valence-corrected chi connectivity index (χ0v) is 24.3. The number of piperazine rings is 1. The van der Waals surface area contributed by atoms with Crippen LogP contribution in [-0.4, -0.2) is 48.8 Å². The third-order valence-corrected chi connectivity index (χ3v) is 7.24. The number of aliphatic hydroxyl groups excluding tert-OH is 1. The zero-order chi connectivity index (χ0) is 23.9. The molecule has 0 amide bonds. The maximum atomic E-state index is 9.62. The highest BCUT2D eigenvalue weighted by atomic mass is 79.9. The van der Waals surface area contributed by atoms with Crippen molar-refractivity contribution in [2.45, 2.75) is 32.7 Å². The molecule has 1 aliphatic heterocycles. The van der Waals surface area contributed by atoms with Crippen LogP contribution in [0.15, 0.2) is 83.3 Å². The number of benzene rings is 3. The van der Waals surface area contributed by atoms with Gasteiger partial charge in [0, 0.05) is 49.0 Å². The Morgan fingerprint density at radius 3 is 1.86 bits per heavy atom. The van der Waals surface area contributed by atoms with Gasteiger partial charge in [0.2, 0.25) is 0 Å². The summed E-state index contributed by atoms with van der Waals surface area (Å²) >= 11 is 3.58. The van der Waals surface area contributed by atoms with E-state index in [1.807, 2.05) is 0 Å². The van der Waals surface area contributed by atoms with Crippen molar-refractivity contribution in [1.82, 2.24) is 4.90 Å². The van der Waals surface area contributed by atoms with Gasteiger partial charge in [-0.1, -0.05) is 70.5 Å². The van der Waals surface area contributed by atoms with Crippen molar-refractivity contribution >= 4 is 57.6 Å². The first-order valence-corrected chi connectivity index (χ1v) is 13.1. The largest absolute Gasteiger partial charge is 0.396 e. The standard InChI is InChI=1S/C30H35BrN2O.2ClH/c1-23(2)32-18-20-33(21-19-32)28-16-12-26(13-17-28)30(25-10-14-27(31)15-11-25)29(9-6-22-34)24-7-4-3-5-8-24;;/h3-5,7-8,10-17,23,34H,6,9,18-22H2,1-2H3;2*1H/b30-29-;;. The first kappa shape index (κ1) is 30.4. The van der Waals surface area contributed by atoms with Gasteiger partial charge in [-0.2, -0.15) is 0 Å². The van der Waals surface area contributed by atoms with E-state index in [-0.39, 0.29) is 31.4 Å². The van der Waals surface area contributed by atoms with E-state index in [9.17, 15) is 5.11 Å². The molecule has 3 aromatic rings. The fourth-order valence-electron chi connectivity index (χ4n) is 4.78. The van der Waals surface area contributed by atoms with E-state index in [4.69, 9.17) is 0 Å². The maximum absolute atomic E-state index is 9.62. The summed E-state index contributed by atoms with van der Waals surface area (Å²) in [6.07, 6.45) is 1.56. The van der Waals surface area contributed by atoms with Crippen LogP contribution in [-0.2, 0) is 0 Å². The van der Waals surface area contributed by atoms with E-state index in [0.717, 1.165) is 43.5 Å². The van der Waals surface area contributed by atoms with E-state index in [1.54, 1.807) is 0 Å². The first-order chi connectivity index (χ1) is 16.6. The normalized spacial score (nSPS) is 14.6. The quantitative estimate of drug-likeness (QED) is 0.274. The first-order valence-electron chi connectivity index (χ1n) is 12.3. The third-order valence-electron chi connectivity index (χ3n) is 6.71. The molecule has 0 bridgehead atoms. The Balaban J connectivity index is 0.00000228. The number of hydrogen-bond donors (Lipinski definition) is 1. The van der Waals surface area contributed by atoms with Crippen LogP contribution in [0.2, 0.25) is 0 Å². The SMILES string of the molecule is CC(C)N1CCN(c2ccc(/C(=C(/CCCO)c3ccccc3)c3ccc(Br)cc3)cc2)CC1.Cl.Cl. The summed E-state index contributed by atoms with van der Waals surface area (Å²) in [5.41, 5.74) is 7.42.